The van der Waals surface area contributed by atoms with Crippen molar-refractivity contribution in [3.63, 3.8) is 0 Å². The molecular weight excluding hydrogens is 220 g/mol. The Kier molecular flexibility index (Phi) is 3.27. The zero-order valence-corrected chi connectivity index (χ0v) is 9.53. The Hall–Kier alpha value is -2.04. The molecule has 1 atom stereocenters. The van der Waals surface area contributed by atoms with Gasteiger partial charge in [0.05, 0.1) is 24.4 Å². The van der Waals surface area contributed by atoms with E-state index in [1.165, 1.54) is 0 Å². The van der Waals surface area contributed by atoms with Gasteiger partial charge in [0.15, 0.2) is 0 Å². The molecule has 1 amide bonds. The van der Waals surface area contributed by atoms with Crippen LogP contribution in [-0.4, -0.2) is 24.5 Å². The van der Waals surface area contributed by atoms with Crippen molar-refractivity contribution in [2.45, 2.75) is 19.4 Å². The van der Waals surface area contributed by atoms with Gasteiger partial charge in [-0.05, 0) is 19.1 Å². The van der Waals surface area contributed by atoms with E-state index in [0.717, 1.165) is 11.4 Å². The van der Waals surface area contributed by atoms with Crippen LogP contribution in [0.25, 0.3) is 0 Å². The van der Waals surface area contributed by atoms with Crippen LogP contribution in [0.1, 0.15) is 13.3 Å². The van der Waals surface area contributed by atoms with E-state index in [-0.39, 0.29) is 18.3 Å². The van der Waals surface area contributed by atoms with Crippen LogP contribution in [-0.2, 0) is 14.3 Å². The highest BCUT2D eigenvalue weighted by Gasteiger charge is 2.27. The Balaban J connectivity index is 2.07. The molecule has 0 unspecified atom stereocenters. The molecule has 2 N–H and O–H groups in total. The SMILES string of the molecule is CCOC(=O)C[C@H]1Nc2ccccc2NC1=O. The maximum atomic E-state index is 11.7. The number of carbonyl (C=O) groups excluding carboxylic acids is 2. The number of esters is 1. The lowest BCUT2D eigenvalue weighted by Gasteiger charge is -2.26. The molecule has 0 spiro atoms. The van der Waals surface area contributed by atoms with Gasteiger partial charge in [-0.25, -0.2) is 0 Å². The lowest BCUT2D eigenvalue weighted by molar-refractivity contribution is -0.144. The van der Waals surface area contributed by atoms with Crippen LogP contribution in [0.2, 0.25) is 0 Å². The molecule has 1 aromatic rings. The minimum Gasteiger partial charge on any atom is -0.466 e. The summed E-state index contributed by atoms with van der Waals surface area (Å²) in [6.45, 7) is 2.06. The highest BCUT2D eigenvalue weighted by atomic mass is 16.5. The van der Waals surface area contributed by atoms with Gasteiger partial charge in [0.1, 0.15) is 6.04 Å². The molecule has 0 aliphatic carbocycles. The topological polar surface area (TPSA) is 67.4 Å². The molecule has 0 radical (unpaired) electrons. The van der Waals surface area contributed by atoms with Crippen molar-refractivity contribution in [3.05, 3.63) is 24.3 Å². The summed E-state index contributed by atoms with van der Waals surface area (Å²) in [4.78, 5) is 23.0. The number of ether oxygens (including phenoxy) is 1. The fourth-order valence-electron chi connectivity index (χ4n) is 1.72. The lowest BCUT2D eigenvalue weighted by Crippen LogP contribution is -2.40. The van der Waals surface area contributed by atoms with E-state index >= 15 is 0 Å². The summed E-state index contributed by atoms with van der Waals surface area (Å²) in [7, 11) is 0. The number of carbonyl (C=O) groups is 2. The Labute approximate surface area is 99.2 Å². The number of fused-ring (bicyclic) bond motifs is 1. The maximum absolute atomic E-state index is 11.7. The molecule has 0 saturated heterocycles. The predicted octanol–water partition coefficient (Wildman–Crippen LogP) is 1.37. The number of nitrogens with one attached hydrogen (secondary N) is 2. The summed E-state index contributed by atoms with van der Waals surface area (Å²) in [5.74, 6) is -0.587. The highest BCUT2D eigenvalue weighted by molar-refractivity contribution is 6.04. The average molecular weight is 234 g/mol. The molecule has 0 bridgehead atoms. The van der Waals surface area contributed by atoms with E-state index in [9.17, 15) is 9.59 Å². The van der Waals surface area contributed by atoms with Crippen LogP contribution in [0.4, 0.5) is 11.4 Å². The summed E-state index contributed by atoms with van der Waals surface area (Å²) in [6, 6.07) is 6.80. The summed E-state index contributed by atoms with van der Waals surface area (Å²) in [6.07, 6.45) is 0.0357. The van der Waals surface area contributed by atoms with Gasteiger partial charge in [0.25, 0.3) is 0 Å². The number of hydrogen-bond acceptors (Lipinski definition) is 4. The molecule has 5 heteroatoms. The van der Waals surface area contributed by atoms with Crippen LogP contribution in [0, 0.1) is 0 Å². The normalized spacial score (nSPS) is 17.7. The summed E-state index contributed by atoms with van der Waals surface area (Å²) in [5, 5.41) is 5.77. The van der Waals surface area contributed by atoms with Crippen LogP contribution >= 0.6 is 0 Å². The maximum Gasteiger partial charge on any atom is 0.308 e. The third-order valence-electron chi connectivity index (χ3n) is 2.51. The number of anilines is 2. The van der Waals surface area contributed by atoms with Gasteiger partial charge < -0.3 is 15.4 Å². The van der Waals surface area contributed by atoms with Crippen molar-refractivity contribution < 1.29 is 14.3 Å². The molecule has 5 nitrogen and oxygen atoms in total. The molecule has 0 aromatic heterocycles. The molecule has 2 rings (SSSR count). The Bertz CT molecular complexity index is 445. The number of benzene rings is 1. The van der Waals surface area contributed by atoms with E-state index < -0.39 is 6.04 Å². The molecule has 1 heterocycles. The first-order valence-electron chi connectivity index (χ1n) is 5.52. The third kappa shape index (κ3) is 2.55. The van der Waals surface area contributed by atoms with E-state index in [1.807, 2.05) is 18.2 Å². The summed E-state index contributed by atoms with van der Waals surface area (Å²) in [5.41, 5.74) is 1.55. The second-order valence-corrected chi connectivity index (χ2v) is 3.74. The highest BCUT2D eigenvalue weighted by Crippen LogP contribution is 2.26. The Morgan fingerprint density at radius 3 is 2.76 bits per heavy atom. The van der Waals surface area contributed by atoms with Gasteiger partial charge in [-0.3, -0.25) is 9.59 Å². The predicted molar refractivity (Wildman–Crippen MR) is 63.7 cm³/mol. The van der Waals surface area contributed by atoms with Crippen LogP contribution in [0.15, 0.2) is 24.3 Å². The first-order valence-corrected chi connectivity index (χ1v) is 5.52. The minimum absolute atomic E-state index is 0.0357. The average Bonchev–Trinajstić information content (AvgIpc) is 2.30. The zero-order chi connectivity index (χ0) is 12.3. The Morgan fingerprint density at radius 1 is 1.35 bits per heavy atom. The summed E-state index contributed by atoms with van der Waals surface area (Å²) < 4.78 is 4.82. The van der Waals surface area contributed by atoms with Gasteiger partial charge in [-0.15, -0.1) is 0 Å². The smallest absolute Gasteiger partial charge is 0.308 e. The van der Waals surface area contributed by atoms with Gasteiger partial charge in [0.2, 0.25) is 5.91 Å². The number of hydrogen-bond donors (Lipinski definition) is 2. The van der Waals surface area contributed by atoms with Crippen LogP contribution in [0.5, 0.6) is 0 Å². The summed E-state index contributed by atoms with van der Waals surface area (Å²) >= 11 is 0. The molecular formula is C12H14N2O3. The van der Waals surface area contributed by atoms with Crippen molar-refractivity contribution in [1.29, 1.82) is 0 Å². The van der Waals surface area contributed by atoms with Crippen molar-refractivity contribution in [3.8, 4) is 0 Å². The van der Waals surface area contributed by atoms with Crippen molar-refractivity contribution in [2.75, 3.05) is 17.2 Å². The molecule has 1 aliphatic rings. The molecule has 1 aromatic carbocycles. The van der Waals surface area contributed by atoms with Crippen molar-refractivity contribution in [2.24, 2.45) is 0 Å². The van der Waals surface area contributed by atoms with E-state index in [0.29, 0.717) is 6.61 Å². The number of rotatable bonds is 3. The largest absolute Gasteiger partial charge is 0.466 e. The fraction of sp³-hybridized carbons (Fsp3) is 0.333. The second kappa shape index (κ2) is 4.86. The molecule has 90 valence electrons. The third-order valence-corrected chi connectivity index (χ3v) is 2.51. The van der Waals surface area contributed by atoms with Gasteiger partial charge in [-0.1, -0.05) is 12.1 Å². The van der Waals surface area contributed by atoms with E-state index in [2.05, 4.69) is 10.6 Å². The minimum atomic E-state index is -0.566. The van der Waals surface area contributed by atoms with Crippen molar-refractivity contribution >= 4 is 23.3 Å². The first-order chi connectivity index (χ1) is 8.20. The van der Waals surface area contributed by atoms with Gasteiger partial charge in [0, 0.05) is 0 Å². The van der Waals surface area contributed by atoms with E-state index in [1.54, 1.807) is 13.0 Å². The quantitative estimate of drug-likeness (QED) is 0.775. The molecule has 1 aliphatic heterocycles. The number of para-hydroxylation sites is 2. The fourth-order valence-corrected chi connectivity index (χ4v) is 1.72. The zero-order valence-electron chi connectivity index (χ0n) is 9.53. The Morgan fingerprint density at radius 2 is 2.06 bits per heavy atom. The molecule has 0 fully saturated rings. The van der Waals surface area contributed by atoms with E-state index in [4.69, 9.17) is 4.74 Å². The lowest BCUT2D eigenvalue weighted by atomic mass is 10.1. The first kappa shape index (κ1) is 11.4. The van der Waals surface area contributed by atoms with Gasteiger partial charge >= 0.3 is 5.97 Å². The van der Waals surface area contributed by atoms with Crippen molar-refractivity contribution in [1.82, 2.24) is 0 Å². The molecule has 0 saturated carbocycles. The standard InChI is InChI=1S/C12H14N2O3/c1-2-17-11(15)7-10-12(16)14-9-6-4-3-5-8(9)13-10/h3-6,10,13H,2,7H2,1H3,(H,14,16)/t10-/m1/s1. The molecule has 17 heavy (non-hydrogen) atoms. The van der Waals surface area contributed by atoms with Crippen LogP contribution < -0.4 is 10.6 Å². The monoisotopic (exact) mass is 234 g/mol. The second-order valence-electron chi connectivity index (χ2n) is 3.74. The van der Waals surface area contributed by atoms with Crippen LogP contribution in [0.3, 0.4) is 0 Å². The van der Waals surface area contributed by atoms with Gasteiger partial charge in [-0.2, -0.15) is 0 Å². The number of amides is 1.